The molecule has 20 heavy (non-hydrogen) atoms. The third kappa shape index (κ3) is 4.75. The number of hydrogen-bond donors (Lipinski definition) is 1. The van der Waals surface area contributed by atoms with Crippen LogP contribution >= 0.6 is 0 Å². The summed E-state index contributed by atoms with van der Waals surface area (Å²) in [6, 6.07) is 0.677. The maximum absolute atomic E-state index is 5.87. The molecule has 0 saturated heterocycles. The summed E-state index contributed by atoms with van der Waals surface area (Å²) in [7, 11) is 0. The third-order valence-electron chi connectivity index (χ3n) is 3.45. The molecule has 0 unspecified atom stereocenters. The highest BCUT2D eigenvalue weighted by Gasteiger charge is 2.21. The lowest BCUT2D eigenvalue weighted by molar-refractivity contribution is 0.283. The molecule has 0 bridgehead atoms. The number of rotatable bonds is 8. The number of hydrogen-bond acceptors (Lipinski definition) is 4. The lowest BCUT2D eigenvalue weighted by Gasteiger charge is -2.14. The van der Waals surface area contributed by atoms with Crippen molar-refractivity contribution in [2.75, 3.05) is 6.61 Å². The predicted octanol–water partition coefficient (Wildman–Crippen LogP) is 3.28. The molecule has 1 heterocycles. The van der Waals surface area contributed by atoms with Crippen molar-refractivity contribution in [2.45, 2.75) is 65.5 Å². The van der Waals surface area contributed by atoms with Crippen molar-refractivity contribution in [1.29, 1.82) is 0 Å². The molecule has 1 aliphatic rings. The van der Waals surface area contributed by atoms with Gasteiger partial charge in [0.15, 0.2) is 5.75 Å². The minimum Gasteiger partial charge on any atom is -0.490 e. The second-order valence-corrected chi connectivity index (χ2v) is 6.38. The normalized spacial score (nSPS) is 15.1. The lowest BCUT2D eigenvalue weighted by atomic mass is 10.1. The predicted molar refractivity (Wildman–Crippen MR) is 80.9 cm³/mol. The number of aromatic nitrogens is 2. The number of nitrogens with zero attached hydrogens (tertiary/aromatic N) is 2. The average molecular weight is 277 g/mol. The van der Waals surface area contributed by atoms with E-state index < -0.39 is 0 Å². The molecular weight excluding hydrogens is 250 g/mol. The van der Waals surface area contributed by atoms with E-state index in [1.165, 1.54) is 12.8 Å². The van der Waals surface area contributed by atoms with E-state index in [2.05, 4.69) is 43.0 Å². The Bertz CT molecular complexity index is 428. The van der Waals surface area contributed by atoms with Crippen molar-refractivity contribution >= 4 is 0 Å². The molecule has 0 aromatic carbocycles. The highest BCUT2D eigenvalue weighted by atomic mass is 16.5. The standard InChI is InChI=1S/C16H27N3O/c1-11(2)7-8-20-15-10-18-16(12(3)4)19-14(15)9-17-13-5-6-13/h10-13,17H,5-9H2,1-4H3. The fourth-order valence-electron chi connectivity index (χ4n) is 1.88. The monoisotopic (exact) mass is 277 g/mol. The van der Waals surface area contributed by atoms with Crippen LogP contribution in [-0.2, 0) is 6.54 Å². The Balaban J connectivity index is 2.02. The van der Waals surface area contributed by atoms with Gasteiger partial charge in [-0.25, -0.2) is 9.97 Å². The van der Waals surface area contributed by atoms with Gasteiger partial charge in [-0.2, -0.15) is 0 Å². The largest absolute Gasteiger partial charge is 0.490 e. The summed E-state index contributed by atoms with van der Waals surface area (Å²) in [6.45, 7) is 10.2. The zero-order chi connectivity index (χ0) is 14.5. The molecule has 0 amide bonds. The molecule has 0 spiro atoms. The molecule has 1 fully saturated rings. The van der Waals surface area contributed by atoms with Gasteiger partial charge in [-0.3, -0.25) is 0 Å². The third-order valence-corrected chi connectivity index (χ3v) is 3.45. The average Bonchev–Trinajstić information content (AvgIpc) is 3.20. The van der Waals surface area contributed by atoms with E-state index in [4.69, 9.17) is 4.74 Å². The van der Waals surface area contributed by atoms with Crippen molar-refractivity contribution in [3.8, 4) is 5.75 Å². The fourth-order valence-corrected chi connectivity index (χ4v) is 1.88. The molecule has 4 heteroatoms. The van der Waals surface area contributed by atoms with Gasteiger partial charge in [0, 0.05) is 18.5 Å². The zero-order valence-corrected chi connectivity index (χ0v) is 13.1. The number of ether oxygens (including phenoxy) is 1. The fraction of sp³-hybridized carbons (Fsp3) is 0.750. The van der Waals surface area contributed by atoms with Gasteiger partial charge in [0.25, 0.3) is 0 Å². The van der Waals surface area contributed by atoms with E-state index in [1.54, 1.807) is 0 Å². The van der Waals surface area contributed by atoms with Gasteiger partial charge < -0.3 is 10.1 Å². The van der Waals surface area contributed by atoms with Crippen molar-refractivity contribution in [2.24, 2.45) is 5.92 Å². The Morgan fingerprint density at radius 3 is 2.65 bits per heavy atom. The Kier molecular flexibility index (Phi) is 5.35. The summed E-state index contributed by atoms with van der Waals surface area (Å²) in [5.74, 6) is 2.73. The van der Waals surface area contributed by atoms with Crippen molar-refractivity contribution < 1.29 is 4.74 Å². The minimum absolute atomic E-state index is 0.347. The van der Waals surface area contributed by atoms with Gasteiger partial charge in [0.2, 0.25) is 0 Å². The topological polar surface area (TPSA) is 47.0 Å². The molecule has 112 valence electrons. The summed E-state index contributed by atoms with van der Waals surface area (Å²) in [6.07, 6.45) is 5.46. The second kappa shape index (κ2) is 7.02. The summed E-state index contributed by atoms with van der Waals surface area (Å²) < 4.78 is 5.87. The van der Waals surface area contributed by atoms with Crippen LogP contribution in [0.4, 0.5) is 0 Å². The molecule has 0 aliphatic heterocycles. The zero-order valence-electron chi connectivity index (χ0n) is 13.1. The SMILES string of the molecule is CC(C)CCOc1cnc(C(C)C)nc1CNC1CC1. The van der Waals surface area contributed by atoms with Crippen LogP contribution < -0.4 is 10.1 Å². The lowest BCUT2D eigenvalue weighted by Crippen LogP contribution is -2.18. The van der Waals surface area contributed by atoms with E-state index in [1.807, 2.05) is 6.20 Å². The molecule has 4 nitrogen and oxygen atoms in total. The van der Waals surface area contributed by atoms with Crippen LogP contribution in [0.15, 0.2) is 6.20 Å². The summed E-state index contributed by atoms with van der Waals surface area (Å²) >= 11 is 0. The first-order valence-corrected chi connectivity index (χ1v) is 7.78. The summed E-state index contributed by atoms with van der Waals surface area (Å²) in [5.41, 5.74) is 0.999. The molecule has 1 aromatic heterocycles. The first kappa shape index (κ1) is 15.2. The molecule has 1 aromatic rings. The molecule has 0 radical (unpaired) electrons. The van der Waals surface area contributed by atoms with Gasteiger partial charge in [-0.15, -0.1) is 0 Å². The van der Waals surface area contributed by atoms with Crippen LogP contribution in [0.5, 0.6) is 5.75 Å². The molecule has 1 aliphatic carbocycles. The van der Waals surface area contributed by atoms with Gasteiger partial charge in [0.1, 0.15) is 5.82 Å². The van der Waals surface area contributed by atoms with Crippen molar-refractivity contribution in [1.82, 2.24) is 15.3 Å². The van der Waals surface area contributed by atoms with Gasteiger partial charge in [0.05, 0.1) is 18.5 Å². The first-order chi connectivity index (χ1) is 9.56. The van der Waals surface area contributed by atoms with Crippen LogP contribution in [0.2, 0.25) is 0 Å². The van der Waals surface area contributed by atoms with Crippen LogP contribution in [0.3, 0.4) is 0 Å². The van der Waals surface area contributed by atoms with Crippen LogP contribution in [-0.4, -0.2) is 22.6 Å². The van der Waals surface area contributed by atoms with E-state index in [0.29, 0.717) is 17.9 Å². The molecule has 1 N–H and O–H groups in total. The van der Waals surface area contributed by atoms with Crippen molar-refractivity contribution in [3.63, 3.8) is 0 Å². The Hall–Kier alpha value is -1.16. The van der Waals surface area contributed by atoms with Gasteiger partial charge in [-0.1, -0.05) is 27.7 Å². The molecule has 2 rings (SSSR count). The number of nitrogens with one attached hydrogen (secondary N) is 1. The van der Waals surface area contributed by atoms with Gasteiger partial charge in [-0.05, 0) is 25.2 Å². The van der Waals surface area contributed by atoms with E-state index in [-0.39, 0.29) is 0 Å². The minimum atomic E-state index is 0.347. The maximum Gasteiger partial charge on any atom is 0.160 e. The summed E-state index contributed by atoms with van der Waals surface area (Å²) in [4.78, 5) is 9.09. The Labute approximate surface area is 122 Å². The van der Waals surface area contributed by atoms with Crippen LogP contribution in [0.1, 0.15) is 64.4 Å². The molecular formula is C16H27N3O. The van der Waals surface area contributed by atoms with Crippen LogP contribution in [0.25, 0.3) is 0 Å². The Morgan fingerprint density at radius 2 is 2.05 bits per heavy atom. The first-order valence-electron chi connectivity index (χ1n) is 7.78. The highest BCUT2D eigenvalue weighted by Crippen LogP contribution is 2.22. The van der Waals surface area contributed by atoms with Gasteiger partial charge >= 0.3 is 0 Å². The summed E-state index contributed by atoms with van der Waals surface area (Å²) in [5, 5.41) is 3.51. The van der Waals surface area contributed by atoms with Crippen molar-refractivity contribution in [3.05, 3.63) is 17.7 Å². The maximum atomic E-state index is 5.87. The molecule has 0 atom stereocenters. The van der Waals surface area contributed by atoms with Crippen LogP contribution in [0, 0.1) is 5.92 Å². The van der Waals surface area contributed by atoms with E-state index in [9.17, 15) is 0 Å². The Morgan fingerprint density at radius 1 is 1.30 bits per heavy atom. The smallest absolute Gasteiger partial charge is 0.160 e. The van der Waals surface area contributed by atoms with E-state index >= 15 is 0 Å². The highest BCUT2D eigenvalue weighted by molar-refractivity contribution is 5.25. The molecule has 1 saturated carbocycles. The second-order valence-electron chi connectivity index (χ2n) is 6.38. The van der Waals surface area contributed by atoms with E-state index in [0.717, 1.165) is 36.8 Å². The quantitative estimate of drug-likeness (QED) is 0.792.